The maximum Gasteiger partial charge on any atom is 0.358 e. The van der Waals surface area contributed by atoms with Gasteiger partial charge in [-0.25, -0.2) is 9.78 Å². The van der Waals surface area contributed by atoms with Crippen molar-refractivity contribution in [3.63, 3.8) is 0 Å². The van der Waals surface area contributed by atoms with Crippen molar-refractivity contribution < 1.29 is 9.53 Å². The molecule has 1 aromatic heterocycles. The maximum absolute atomic E-state index is 10.9. The first-order valence-corrected chi connectivity index (χ1v) is 3.23. The Morgan fingerprint density at radius 1 is 1.62 bits per heavy atom. The van der Waals surface area contributed by atoms with E-state index < -0.39 is 5.97 Å². The molecule has 1 rings (SSSR count). The number of hydrogen-bond donors (Lipinski definition) is 0. The number of rotatable bonds is 2. The van der Waals surface area contributed by atoms with Crippen LogP contribution < -0.4 is 0 Å². The Morgan fingerprint density at radius 2 is 2.38 bits per heavy atom. The molecule has 0 bridgehead atoms. The summed E-state index contributed by atoms with van der Waals surface area (Å²) in [5.41, 5.74) is 8.11. The molecule has 1 heterocycles. The van der Waals surface area contributed by atoms with Crippen LogP contribution in [0.25, 0.3) is 10.4 Å². The Hall–Kier alpha value is -2.14. The second-order valence-electron chi connectivity index (χ2n) is 1.94. The van der Waals surface area contributed by atoms with Crippen LogP contribution in [-0.2, 0) is 4.74 Å². The van der Waals surface area contributed by atoms with Gasteiger partial charge in [0.05, 0.1) is 19.5 Å². The Labute approximate surface area is 73.0 Å². The molecule has 7 nitrogen and oxygen atoms in total. The lowest BCUT2D eigenvalue weighted by atomic mass is 10.4. The van der Waals surface area contributed by atoms with Crippen LogP contribution in [-0.4, -0.2) is 23.0 Å². The topological polar surface area (TPSA) is 101 Å². The quantitative estimate of drug-likeness (QED) is 0.294. The molecule has 0 spiro atoms. The zero-order valence-electron chi connectivity index (χ0n) is 6.71. The van der Waals surface area contributed by atoms with Crippen molar-refractivity contribution in [1.82, 2.24) is 9.97 Å². The molecule has 0 aliphatic carbocycles. The van der Waals surface area contributed by atoms with E-state index in [2.05, 4.69) is 24.7 Å². The van der Waals surface area contributed by atoms with Crippen LogP contribution in [0.2, 0.25) is 0 Å². The van der Waals surface area contributed by atoms with Crippen LogP contribution in [0.4, 0.5) is 5.82 Å². The van der Waals surface area contributed by atoms with E-state index in [4.69, 9.17) is 5.53 Å². The zero-order chi connectivity index (χ0) is 9.68. The summed E-state index contributed by atoms with van der Waals surface area (Å²) in [5, 5.41) is 3.19. The summed E-state index contributed by atoms with van der Waals surface area (Å²) in [5.74, 6) is -0.477. The first-order valence-electron chi connectivity index (χ1n) is 3.23. The van der Waals surface area contributed by atoms with Gasteiger partial charge in [0.25, 0.3) is 0 Å². The highest BCUT2D eigenvalue weighted by atomic mass is 16.5. The third-order valence-corrected chi connectivity index (χ3v) is 1.18. The lowest BCUT2D eigenvalue weighted by Gasteiger charge is -1.96. The minimum Gasteiger partial charge on any atom is -0.464 e. The van der Waals surface area contributed by atoms with Gasteiger partial charge in [0.1, 0.15) is 5.82 Å². The Bertz CT molecular complexity index is 354. The maximum atomic E-state index is 10.9. The fraction of sp³-hybridized carbons (Fsp3) is 0.167. The number of aromatic nitrogens is 2. The van der Waals surface area contributed by atoms with Crippen LogP contribution in [0.1, 0.15) is 10.5 Å². The molecule has 0 aliphatic heterocycles. The SMILES string of the molecule is COC(=O)c1cnc(N=[N+]=[N-])cn1. The summed E-state index contributed by atoms with van der Waals surface area (Å²) in [6.07, 6.45) is 2.36. The average Bonchev–Trinajstić information content (AvgIpc) is 2.18. The number of azide groups is 1. The molecule has 0 fully saturated rings. The van der Waals surface area contributed by atoms with E-state index in [9.17, 15) is 4.79 Å². The van der Waals surface area contributed by atoms with Gasteiger partial charge < -0.3 is 4.74 Å². The molecule has 13 heavy (non-hydrogen) atoms. The lowest BCUT2D eigenvalue weighted by molar-refractivity contribution is 0.0593. The van der Waals surface area contributed by atoms with E-state index in [1.165, 1.54) is 19.5 Å². The van der Waals surface area contributed by atoms with Crippen LogP contribution >= 0.6 is 0 Å². The summed E-state index contributed by atoms with van der Waals surface area (Å²) in [4.78, 5) is 20.7. The second kappa shape index (κ2) is 4.03. The molecule has 0 unspecified atom stereocenters. The minimum atomic E-state index is -0.583. The number of nitrogens with zero attached hydrogens (tertiary/aromatic N) is 5. The lowest BCUT2D eigenvalue weighted by Crippen LogP contribution is -2.03. The van der Waals surface area contributed by atoms with Gasteiger partial charge in [-0.1, -0.05) is 0 Å². The molecule has 1 aromatic rings. The molecule has 0 N–H and O–H groups in total. The molecule has 0 radical (unpaired) electrons. The smallest absolute Gasteiger partial charge is 0.358 e. The number of methoxy groups -OCH3 is 1. The highest BCUT2D eigenvalue weighted by Gasteiger charge is 2.06. The van der Waals surface area contributed by atoms with Gasteiger partial charge in [0.15, 0.2) is 5.69 Å². The van der Waals surface area contributed by atoms with Crippen molar-refractivity contribution >= 4 is 11.8 Å². The molecule has 7 heteroatoms. The van der Waals surface area contributed by atoms with E-state index in [1.54, 1.807) is 0 Å². The van der Waals surface area contributed by atoms with Crippen LogP contribution in [0.15, 0.2) is 17.5 Å². The molecule has 0 saturated carbocycles. The largest absolute Gasteiger partial charge is 0.464 e. The van der Waals surface area contributed by atoms with E-state index in [1.807, 2.05) is 0 Å². The van der Waals surface area contributed by atoms with E-state index in [0.717, 1.165) is 0 Å². The molecular formula is C6H5N5O2. The first-order chi connectivity index (χ1) is 6.27. The molecule has 0 aromatic carbocycles. The Balaban J connectivity index is 2.93. The van der Waals surface area contributed by atoms with Gasteiger partial charge in [-0.2, -0.15) is 0 Å². The van der Waals surface area contributed by atoms with Gasteiger partial charge in [-0.3, -0.25) is 4.98 Å². The number of ether oxygens (including phenoxy) is 1. The summed E-state index contributed by atoms with van der Waals surface area (Å²) < 4.78 is 4.39. The standard InChI is InChI=1S/C6H5N5O2/c1-13-6(12)4-2-9-5(3-8-4)10-11-7/h2-3H,1H3. The normalized spacial score (nSPS) is 8.69. The number of esters is 1. The van der Waals surface area contributed by atoms with E-state index in [-0.39, 0.29) is 11.5 Å². The van der Waals surface area contributed by atoms with E-state index in [0.29, 0.717) is 0 Å². The summed E-state index contributed by atoms with van der Waals surface area (Å²) in [6.45, 7) is 0. The van der Waals surface area contributed by atoms with Gasteiger partial charge >= 0.3 is 5.97 Å². The van der Waals surface area contributed by atoms with E-state index >= 15 is 0 Å². The summed E-state index contributed by atoms with van der Waals surface area (Å²) in [6, 6.07) is 0. The van der Waals surface area contributed by atoms with Gasteiger partial charge in [-0.05, 0) is 10.6 Å². The van der Waals surface area contributed by atoms with Gasteiger partial charge in [-0.15, -0.1) is 0 Å². The average molecular weight is 179 g/mol. The van der Waals surface area contributed by atoms with Crippen molar-refractivity contribution in [2.45, 2.75) is 0 Å². The zero-order valence-corrected chi connectivity index (χ0v) is 6.71. The second-order valence-corrected chi connectivity index (χ2v) is 1.94. The highest BCUT2D eigenvalue weighted by Crippen LogP contribution is 2.05. The van der Waals surface area contributed by atoms with Gasteiger partial charge in [0, 0.05) is 4.91 Å². The van der Waals surface area contributed by atoms with Crippen molar-refractivity contribution in [3.8, 4) is 0 Å². The third-order valence-electron chi connectivity index (χ3n) is 1.18. The molecule has 0 saturated heterocycles. The molecule has 0 amide bonds. The number of carbonyl (C=O) groups is 1. The first kappa shape index (κ1) is 8.95. The number of carbonyl (C=O) groups excluding carboxylic acids is 1. The summed E-state index contributed by atoms with van der Waals surface area (Å²) >= 11 is 0. The molecular weight excluding hydrogens is 174 g/mol. The molecule has 66 valence electrons. The molecule has 0 atom stereocenters. The van der Waals surface area contributed by atoms with Gasteiger partial charge in [0.2, 0.25) is 0 Å². The van der Waals surface area contributed by atoms with Crippen LogP contribution in [0, 0.1) is 0 Å². The Kier molecular flexibility index (Phi) is 2.77. The minimum absolute atomic E-state index is 0.0689. The van der Waals surface area contributed by atoms with Crippen LogP contribution in [0.5, 0.6) is 0 Å². The van der Waals surface area contributed by atoms with Crippen molar-refractivity contribution in [3.05, 3.63) is 28.5 Å². The highest BCUT2D eigenvalue weighted by molar-refractivity contribution is 5.86. The van der Waals surface area contributed by atoms with Crippen molar-refractivity contribution in [2.24, 2.45) is 5.11 Å². The third kappa shape index (κ3) is 2.14. The number of hydrogen-bond acceptors (Lipinski definition) is 5. The fourth-order valence-corrected chi connectivity index (χ4v) is 0.629. The van der Waals surface area contributed by atoms with Crippen molar-refractivity contribution in [1.29, 1.82) is 0 Å². The Morgan fingerprint density at radius 3 is 2.85 bits per heavy atom. The monoisotopic (exact) mass is 179 g/mol. The van der Waals surface area contributed by atoms with Crippen molar-refractivity contribution in [2.75, 3.05) is 7.11 Å². The predicted octanol–water partition coefficient (Wildman–Crippen LogP) is 1.21. The summed E-state index contributed by atoms with van der Waals surface area (Å²) in [7, 11) is 1.24. The molecule has 0 aliphatic rings. The predicted molar refractivity (Wildman–Crippen MR) is 42.2 cm³/mol. The van der Waals surface area contributed by atoms with Crippen LogP contribution in [0.3, 0.4) is 0 Å². The fourth-order valence-electron chi connectivity index (χ4n) is 0.629.